The number of hydrogen-bond donors (Lipinski definition) is 1. The van der Waals surface area contributed by atoms with E-state index in [-0.39, 0.29) is 5.92 Å². The highest BCUT2D eigenvalue weighted by atomic mass is 28.4. The van der Waals surface area contributed by atoms with Crippen molar-refractivity contribution in [1.29, 1.82) is 0 Å². The molecule has 0 saturated carbocycles. The van der Waals surface area contributed by atoms with Crippen LogP contribution in [0.1, 0.15) is 76.2 Å². The Bertz CT molecular complexity index is 507. The zero-order valence-corrected chi connectivity index (χ0v) is 22.6. The highest BCUT2D eigenvalue weighted by Crippen LogP contribution is 2.42. The molecule has 0 aromatic carbocycles. The van der Waals surface area contributed by atoms with Crippen molar-refractivity contribution in [3.05, 3.63) is 11.3 Å². The average Bonchev–Trinajstić information content (AvgIpc) is 2.63. The molecule has 2 nitrogen and oxygen atoms in total. The van der Waals surface area contributed by atoms with Gasteiger partial charge in [-0.15, -0.1) is 5.92 Å². The van der Waals surface area contributed by atoms with E-state index in [1.165, 1.54) is 5.20 Å². The van der Waals surface area contributed by atoms with Crippen LogP contribution in [0.2, 0.25) is 34.8 Å². The number of aliphatic hydroxyl groups is 1. The summed E-state index contributed by atoms with van der Waals surface area (Å²) in [6.07, 6.45) is 1.80. The van der Waals surface area contributed by atoms with Gasteiger partial charge in [0.05, 0.1) is 20.8 Å². The van der Waals surface area contributed by atoms with Gasteiger partial charge in [0.25, 0.3) is 0 Å². The van der Waals surface area contributed by atoms with Crippen LogP contribution in [0.15, 0.2) is 11.3 Å². The Morgan fingerprint density at radius 2 is 1.32 bits per heavy atom. The Balaban J connectivity index is 6.03. The third-order valence-electron chi connectivity index (χ3n) is 7.15. The Morgan fingerprint density at radius 1 is 0.893 bits per heavy atom. The summed E-state index contributed by atoms with van der Waals surface area (Å²) in [5.74, 6) is 6.14. The van der Waals surface area contributed by atoms with Gasteiger partial charge in [-0.2, -0.15) is 0 Å². The molecular weight excluding hydrogens is 376 g/mol. The molecule has 0 radical (unpaired) electrons. The van der Waals surface area contributed by atoms with E-state index in [2.05, 4.69) is 80.2 Å². The molecule has 0 fully saturated rings. The molecule has 0 heterocycles. The molecule has 28 heavy (non-hydrogen) atoms. The van der Waals surface area contributed by atoms with Crippen LogP contribution in [0, 0.1) is 17.8 Å². The van der Waals surface area contributed by atoms with Crippen molar-refractivity contribution in [3.63, 3.8) is 0 Å². The molecular formula is C24H48O2Si2. The van der Waals surface area contributed by atoms with E-state index >= 15 is 0 Å². The summed E-state index contributed by atoms with van der Waals surface area (Å²) in [7, 11) is -3.60. The van der Waals surface area contributed by atoms with Gasteiger partial charge in [-0.25, -0.2) is 0 Å². The molecule has 0 amide bonds. The van der Waals surface area contributed by atoms with Gasteiger partial charge in [-0.05, 0) is 30.5 Å². The summed E-state index contributed by atoms with van der Waals surface area (Å²) in [6.45, 7) is 25.4. The van der Waals surface area contributed by atoms with Crippen molar-refractivity contribution in [3.8, 4) is 11.8 Å². The predicted octanol–water partition coefficient (Wildman–Crippen LogP) is 7.17. The number of aliphatic hydroxyl groups excluding tert-OH is 1. The molecule has 164 valence electrons. The molecule has 0 spiro atoms. The molecule has 0 aromatic heterocycles. The molecule has 0 aromatic rings. The van der Waals surface area contributed by atoms with Gasteiger partial charge in [0, 0.05) is 5.92 Å². The van der Waals surface area contributed by atoms with Gasteiger partial charge in [0.15, 0.2) is 0 Å². The van der Waals surface area contributed by atoms with Crippen molar-refractivity contribution >= 4 is 16.4 Å². The Hall–Kier alpha value is -0.346. The summed E-state index contributed by atoms with van der Waals surface area (Å²) >= 11 is 0. The van der Waals surface area contributed by atoms with Crippen LogP contribution in [0.25, 0.3) is 0 Å². The number of hydrogen-bond acceptors (Lipinski definition) is 2. The minimum Gasteiger partial charge on any atom is -0.412 e. The maximum atomic E-state index is 11.2. The first kappa shape index (κ1) is 27.7. The summed E-state index contributed by atoms with van der Waals surface area (Å²) in [5, 5.41) is 12.5. The van der Waals surface area contributed by atoms with Crippen LogP contribution < -0.4 is 0 Å². The quantitative estimate of drug-likeness (QED) is 0.266. The SMILES string of the molecule is CC#C[C@@H](C)[C@@H](O)/C(=C\CO[Si](C(C)C)(C(C)C)C(C)C)[Si](CC)(CC)CC. The van der Waals surface area contributed by atoms with Crippen LogP contribution in [0.4, 0.5) is 0 Å². The van der Waals surface area contributed by atoms with Crippen LogP contribution in [-0.4, -0.2) is 34.2 Å². The fourth-order valence-electron chi connectivity index (χ4n) is 5.37. The summed E-state index contributed by atoms with van der Waals surface area (Å²) in [6, 6.07) is 3.49. The summed E-state index contributed by atoms with van der Waals surface area (Å²) in [4.78, 5) is 0. The van der Waals surface area contributed by atoms with Gasteiger partial charge in [0.1, 0.15) is 0 Å². The maximum Gasteiger partial charge on any atom is 0.200 e. The fraction of sp³-hybridized carbons (Fsp3) is 0.833. The normalized spacial score (nSPS) is 15.8. The molecule has 0 saturated heterocycles. The van der Waals surface area contributed by atoms with Crippen LogP contribution in [-0.2, 0) is 4.43 Å². The fourth-order valence-corrected chi connectivity index (χ4v) is 14.9. The third-order valence-corrected chi connectivity index (χ3v) is 19.0. The van der Waals surface area contributed by atoms with Crippen LogP contribution in [0.5, 0.6) is 0 Å². The van der Waals surface area contributed by atoms with E-state index in [9.17, 15) is 5.11 Å². The molecule has 0 bridgehead atoms. The summed E-state index contributed by atoms with van der Waals surface area (Å²) in [5.41, 5.74) is 1.72. The predicted molar refractivity (Wildman–Crippen MR) is 131 cm³/mol. The highest BCUT2D eigenvalue weighted by Gasteiger charge is 2.45. The minimum absolute atomic E-state index is 0.0323. The van der Waals surface area contributed by atoms with E-state index in [1.54, 1.807) is 0 Å². The average molecular weight is 425 g/mol. The lowest BCUT2D eigenvalue weighted by atomic mass is 10.1. The van der Waals surface area contributed by atoms with E-state index in [0.717, 1.165) is 18.1 Å². The molecule has 4 heteroatoms. The zero-order chi connectivity index (χ0) is 22.1. The minimum atomic E-state index is -1.90. The summed E-state index contributed by atoms with van der Waals surface area (Å²) < 4.78 is 6.80. The Labute approximate surface area is 178 Å². The maximum absolute atomic E-state index is 11.2. The van der Waals surface area contributed by atoms with Crippen molar-refractivity contribution in [2.75, 3.05) is 6.61 Å². The first-order chi connectivity index (χ1) is 13.0. The first-order valence-electron chi connectivity index (χ1n) is 11.4. The van der Waals surface area contributed by atoms with Gasteiger partial charge >= 0.3 is 0 Å². The van der Waals surface area contributed by atoms with Crippen molar-refractivity contribution in [2.24, 2.45) is 5.92 Å². The molecule has 0 unspecified atom stereocenters. The first-order valence-corrected chi connectivity index (χ1v) is 16.2. The van der Waals surface area contributed by atoms with E-state index in [0.29, 0.717) is 23.2 Å². The molecule has 0 aliphatic heterocycles. The third kappa shape index (κ3) is 6.08. The van der Waals surface area contributed by atoms with Crippen molar-refractivity contribution in [2.45, 2.75) is 117 Å². The van der Waals surface area contributed by atoms with Gasteiger partial charge in [0.2, 0.25) is 8.32 Å². The van der Waals surface area contributed by atoms with Gasteiger partial charge in [-0.3, -0.25) is 0 Å². The molecule has 0 aliphatic carbocycles. The Kier molecular flexibility index (Phi) is 12.2. The van der Waals surface area contributed by atoms with E-state index < -0.39 is 22.5 Å². The van der Waals surface area contributed by atoms with Crippen LogP contribution in [0.3, 0.4) is 0 Å². The highest BCUT2D eigenvalue weighted by molar-refractivity contribution is 6.86. The van der Waals surface area contributed by atoms with Crippen molar-refractivity contribution in [1.82, 2.24) is 0 Å². The van der Waals surface area contributed by atoms with Gasteiger partial charge in [-0.1, -0.05) is 97.6 Å². The monoisotopic (exact) mass is 424 g/mol. The second kappa shape index (κ2) is 12.4. The Morgan fingerprint density at radius 3 is 1.64 bits per heavy atom. The zero-order valence-electron chi connectivity index (χ0n) is 20.6. The van der Waals surface area contributed by atoms with E-state index in [4.69, 9.17) is 4.43 Å². The lowest BCUT2D eigenvalue weighted by Gasteiger charge is -2.42. The molecule has 1 N–H and O–H groups in total. The lowest BCUT2D eigenvalue weighted by Crippen LogP contribution is -2.48. The van der Waals surface area contributed by atoms with Crippen molar-refractivity contribution < 1.29 is 9.53 Å². The smallest absolute Gasteiger partial charge is 0.200 e. The van der Waals surface area contributed by atoms with E-state index in [1.807, 2.05) is 13.8 Å². The number of rotatable bonds is 12. The molecule has 0 aliphatic rings. The topological polar surface area (TPSA) is 29.5 Å². The standard InChI is InChI=1S/C24H48O2Si2/c1-12-16-22(11)24(25)23(27(13-2,14-3)15-4)17-18-26-28(19(5)6,20(7)8)21(9)10/h17,19-22,24-25H,13-15,18H2,1-11H3/b23-17+/t22-,24-/m1/s1. The lowest BCUT2D eigenvalue weighted by molar-refractivity contribution is 0.181. The molecule has 2 atom stereocenters. The largest absolute Gasteiger partial charge is 0.412 e. The second-order valence-electron chi connectivity index (χ2n) is 9.26. The molecule has 0 rings (SSSR count). The van der Waals surface area contributed by atoms with Crippen LogP contribution >= 0.6 is 0 Å². The second-order valence-corrected chi connectivity index (χ2v) is 20.0. The van der Waals surface area contributed by atoms with Gasteiger partial charge < -0.3 is 9.53 Å².